The molecule has 0 heterocycles. The van der Waals surface area contributed by atoms with Crippen LogP contribution in [-0.4, -0.2) is 18.0 Å². The Morgan fingerprint density at radius 2 is 1.92 bits per heavy atom. The van der Waals surface area contributed by atoms with Gasteiger partial charge in [-0.2, -0.15) is 0 Å². The number of esters is 1. The molecule has 12 heavy (non-hydrogen) atoms. The van der Waals surface area contributed by atoms with Crippen LogP contribution in [0, 0.1) is 0 Å². The summed E-state index contributed by atoms with van der Waals surface area (Å²) in [6.45, 7) is 6.96. The Balaban J connectivity index is -0.000000309. The van der Waals surface area contributed by atoms with Crippen LogP contribution in [0.3, 0.4) is 0 Å². The average molecular weight is 177 g/mol. The number of rotatable bonds is 3. The van der Waals surface area contributed by atoms with Gasteiger partial charge in [0, 0.05) is 8.35 Å². The van der Waals surface area contributed by atoms with Crippen molar-refractivity contribution in [2.24, 2.45) is 5.73 Å². The lowest BCUT2D eigenvalue weighted by atomic mass is 10.3. The van der Waals surface area contributed by atoms with Crippen LogP contribution in [0.4, 0.5) is 0 Å². The molecule has 1 atom stereocenters. The van der Waals surface area contributed by atoms with Crippen LogP contribution < -0.4 is 5.73 Å². The molecule has 0 fully saturated rings. The third-order valence-corrected chi connectivity index (χ3v) is 0.996. The molecule has 4 nitrogen and oxygen atoms in total. The number of hydrogen-bond donors (Lipinski definition) is 1. The third kappa shape index (κ3) is 7.05. The molecule has 0 saturated carbocycles. The van der Waals surface area contributed by atoms with Crippen molar-refractivity contribution in [1.29, 1.82) is 0 Å². The molecule has 0 aliphatic carbocycles. The number of amides is 1. The fraction of sp³-hybridized carbons (Fsp3) is 0.750. The first-order chi connectivity index (χ1) is 5.57. The predicted molar refractivity (Wildman–Crippen MR) is 48.5 cm³/mol. The van der Waals surface area contributed by atoms with Crippen molar-refractivity contribution >= 4 is 11.9 Å². The Labute approximate surface area is 74.6 Å². The Hall–Kier alpha value is -1.06. The minimum absolute atomic E-state index is 0. The largest absolute Gasteiger partial charge is 0.452 e. The zero-order chi connectivity index (χ0) is 10.1. The highest BCUT2D eigenvalue weighted by atomic mass is 16.5. The van der Waals surface area contributed by atoms with Gasteiger partial charge in [0.2, 0.25) is 0 Å². The number of carbonyl (C=O) groups excluding carboxylic acids is 2. The van der Waals surface area contributed by atoms with Crippen molar-refractivity contribution in [2.75, 3.05) is 0 Å². The van der Waals surface area contributed by atoms with E-state index in [9.17, 15) is 9.59 Å². The maximum atomic E-state index is 10.4. The second kappa shape index (κ2) is 8.04. The molecule has 0 radical (unpaired) electrons. The number of primary amides is 1. The van der Waals surface area contributed by atoms with Crippen molar-refractivity contribution < 1.29 is 15.8 Å². The molecule has 0 spiro atoms. The maximum absolute atomic E-state index is 10.4. The van der Waals surface area contributed by atoms with Crippen LogP contribution in [0.1, 0.15) is 35.5 Å². The molecule has 0 rings (SSSR count). The first-order valence-corrected chi connectivity index (χ1v) is 4.04. The standard InChI is InChI=1S/C6H11NO3.C2H6.H2/c1-3-5(6(7)9)10-4(2)8;1-2;/h5H,3H2,1-2H3,(H2,7,9);1-2H3;1H/t5-;;/m0../s1. The van der Waals surface area contributed by atoms with Gasteiger partial charge in [0.1, 0.15) is 0 Å². The fourth-order valence-electron chi connectivity index (χ4n) is 0.543. The van der Waals surface area contributed by atoms with Crippen molar-refractivity contribution in [3.05, 3.63) is 0 Å². The summed E-state index contributed by atoms with van der Waals surface area (Å²) in [5.41, 5.74) is 4.88. The maximum Gasteiger partial charge on any atom is 0.303 e. The number of carbonyl (C=O) groups is 2. The van der Waals surface area contributed by atoms with Gasteiger partial charge < -0.3 is 10.5 Å². The second-order valence-corrected chi connectivity index (χ2v) is 1.91. The van der Waals surface area contributed by atoms with Gasteiger partial charge in [-0.25, -0.2) is 0 Å². The lowest BCUT2D eigenvalue weighted by Crippen LogP contribution is -2.31. The lowest BCUT2D eigenvalue weighted by Gasteiger charge is -2.09. The van der Waals surface area contributed by atoms with E-state index in [1.54, 1.807) is 6.92 Å². The quantitative estimate of drug-likeness (QED) is 0.656. The van der Waals surface area contributed by atoms with Gasteiger partial charge >= 0.3 is 5.97 Å². The smallest absolute Gasteiger partial charge is 0.303 e. The first-order valence-electron chi connectivity index (χ1n) is 4.04. The van der Waals surface area contributed by atoms with E-state index in [1.165, 1.54) is 6.92 Å². The van der Waals surface area contributed by atoms with E-state index in [2.05, 4.69) is 4.74 Å². The zero-order valence-corrected chi connectivity index (χ0v) is 8.09. The molecule has 0 aromatic rings. The predicted octanol–water partition coefficient (Wildman–Crippen LogP) is 1.09. The minimum atomic E-state index is -0.766. The summed E-state index contributed by atoms with van der Waals surface area (Å²) in [5.74, 6) is -1.08. The molecule has 0 aromatic carbocycles. The van der Waals surface area contributed by atoms with Crippen molar-refractivity contribution in [2.45, 2.75) is 40.2 Å². The van der Waals surface area contributed by atoms with Gasteiger partial charge in [-0.1, -0.05) is 20.8 Å². The van der Waals surface area contributed by atoms with E-state index in [4.69, 9.17) is 5.73 Å². The van der Waals surface area contributed by atoms with Gasteiger partial charge in [-0.15, -0.1) is 0 Å². The molecular formula is C8H19NO3. The van der Waals surface area contributed by atoms with Gasteiger partial charge in [-0.05, 0) is 6.42 Å². The lowest BCUT2D eigenvalue weighted by molar-refractivity contribution is -0.152. The average Bonchev–Trinajstić information content (AvgIpc) is 2.03. The van der Waals surface area contributed by atoms with Crippen LogP contribution >= 0.6 is 0 Å². The highest BCUT2D eigenvalue weighted by Crippen LogP contribution is 1.96. The molecule has 74 valence electrons. The van der Waals surface area contributed by atoms with Crippen LogP contribution in [-0.2, 0) is 14.3 Å². The Bertz CT molecular complexity index is 150. The van der Waals surface area contributed by atoms with E-state index >= 15 is 0 Å². The molecule has 0 aliphatic rings. The summed E-state index contributed by atoms with van der Waals surface area (Å²) in [7, 11) is 0. The minimum Gasteiger partial charge on any atom is -0.452 e. The Morgan fingerprint density at radius 3 is 2.00 bits per heavy atom. The van der Waals surface area contributed by atoms with Gasteiger partial charge in [0.15, 0.2) is 6.10 Å². The molecule has 0 aromatic heterocycles. The van der Waals surface area contributed by atoms with Gasteiger partial charge in [0.05, 0.1) is 0 Å². The van der Waals surface area contributed by atoms with Crippen molar-refractivity contribution in [1.82, 2.24) is 0 Å². The van der Waals surface area contributed by atoms with E-state index in [0.29, 0.717) is 6.42 Å². The van der Waals surface area contributed by atoms with E-state index in [1.807, 2.05) is 13.8 Å². The van der Waals surface area contributed by atoms with Gasteiger partial charge in [0.25, 0.3) is 5.91 Å². The summed E-state index contributed by atoms with van der Waals surface area (Å²) in [5, 5.41) is 0. The Morgan fingerprint density at radius 1 is 1.50 bits per heavy atom. The SMILES string of the molecule is CC.CC[C@H](OC(C)=O)C(N)=O.[HH]. The van der Waals surface area contributed by atoms with Crippen LogP contribution in [0.25, 0.3) is 0 Å². The van der Waals surface area contributed by atoms with Crippen molar-refractivity contribution in [3.63, 3.8) is 0 Å². The van der Waals surface area contributed by atoms with E-state index in [-0.39, 0.29) is 1.43 Å². The number of nitrogens with two attached hydrogens (primary N) is 1. The summed E-state index contributed by atoms with van der Waals surface area (Å²) < 4.78 is 4.55. The number of ether oxygens (including phenoxy) is 1. The molecule has 0 saturated heterocycles. The second-order valence-electron chi connectivity index (χ2n) is 1.91. The number of hydrogen-bond acceptors (Lipinski definition) is 3. The monoisotopic (exact) mass is 177 g/mol. The first kappa shape index (κ1) is 13.5. The fourth-order valence-corrected chi connectivity index (χ4v) is 0.543. The summed E-state index contributed by atoms with van der Waals surface area (Å²) in [6.07, 6.45) is -0.341. The van der Waals surface area contributed by atoms with E-state index < -0.39 is 18.0 Å². The van der Waals surface area contributed by atoms with E-state index in [0.717, 1.165) is 0 Å². The molecular weight excluding hydrogens is 158 g/mol. The van der Waals surface area contributed by atoms with Crippen LogP contribution in [0.2, 0.25) is 0 Å². The molecule has 4 heteroatoms. The molecule has 2 N–H and O–H groups in total. The summed E-state index contributed by atoms with van der Waals surface area (Å²) in [4.78, 5) is 20.7. The molecule has 0 aliphatic heterocycles. The highest BCUT2D eigenvalue weighted by molar-refractivity contribution is 5.81. The zero-order valence-electron chi connectivity index (χ0n) is 8.09. The molecule has 1 amide bonds. The molecule has 0 bridgehead atoms. The normalized spacial score (nSPS) is 10.7. The third-order valence-electron chi connectivity index (χ3n) is 0.996. The summed E-state index contributed by atoms with van der Waals surface area (Å²) in [6, 6.07) is 0. The molecule has 0 unspecified atom stereocenters. The van der Waals surface area contributed by atoms with Crippen molar-refractivity contribution in [3.8, 4) is 0 Å². The van der Waals surface area contributed by atoms with Crippen LogP contribution in [0.5, 0.6) is 0 Å². The van der Waals surface area contributed by atoms with Gasteiger partial charge in [-0.3, -0.25) is 9.59 Å². The van der Waals surface area contributed by atoms with Crippen LogP contribution in [0.15, 0.2) is 0 Å². The highest BCUT2D eigenvalue weighted by Gasteiger charge is 2.14. The summed E-state index contributed by atoms with van der Waals surface area (Å²) >= 11 is 0. The Kier molecular flexibility index (Phi) is 9.06. The topological polar surface area (TPSA) is 69.4 Å².